The normalized spacial score (nSPS) is 19.6. The zero-order valence-electron chi connectivity index (χ0n) is 10.3. The number of Topliss-reactive ketones (excluding diaryl/α,β-unsaturated/α-hetero) is 1. The summed E-state index contributed by atoms with van der Waals surface area (Å²) in [7, 11) is 0. The maximum atomic E-state index is 12.5. The Balaban J connectivity index is 1.89. The van der Waals surface area contributed by atoms with Gasteiger partial charge >= 0.3 is 0 Å². The molecule has 0 aliphatic carbocycles. The molecule has 4 heteroatoms. The Bertz CT molecular complexity index is 452. The van der Waals surface area contributed by atoms with Crippen molar-refractivity contribution in [2.24, 2.45) is 5.92 Å². The molecule has 0 bridgehead atoms. The average molecular weight is 247 g/mol. The molecule has 1 fully saturated rings. The van der Waals surface area contributed by atoms with Crippen LogP contribution in [0.4, 0.5) is 5.69 Å². The van der Waals surface area contributed by atoms with Crippen LogP contribution >= 0.6 is 0 Å². The fraction of sp³-hybridized carbons (Fsp3) is 0.500. The molecule has 0 saturated carbocycles. The van der Waals surface area contributed by atoms with Crippen LogP contribution in [0.1, 0.15) is 23.2 Å². The SMILES string of the molecule is O=C(c1cccc2c1OCCN2)C1CCOCC1. The van der Waals surface area contributed by atoms with Gasteiger partial charge in [-0.2, -0.15) is 0 Å². The van der Waals surface area contributed by atoms with E-state index in [0.717, 1.165) is 30.8 Å². The molecule has 0 spiro atoms. The minimum Gasteiger partial charge on any atom is -0.489 e. The highest BCUT2D eigenvalue weighted by molar-refractivity contribution is 6.02. The van der Waals surface area contributed by atoms with Crippen LogP contribution in [0, 0.1) is 5.92 Å². The number of hydrogen-bond acceptors (Lipinski definition) is 4. The molecule has 0 radical (unpaired) electrons. The second kappa shape index (κ2) is 4.98. The fourth-order valence-electron chi connectivity index (χ4n) is 2.54. The number of ether oxygens (including phenoxy) is 2. The molecule has 2 aliphatic heterocycles. The van der Waals surface area contributed by atoms with Crippen molar-refractivity contribution < 1.29 is 14.3 Å². The maximum Gasteiger partial charge on any atom is 0.169 e. The van der Waals surface area contributed by atoms with Crippen LogP contribution in [0.15, 0.2) is 18.2 Å². The number of fused-ring (bicyclic) bond motifs is 1. The predicted molar refractivity (Wildman–Crippen MR) is 68.3 cm³/mol. The molecule has 1 aromatic carbocycles. The Hall–Kier alpha value is -1.55. The Labute approximate surface area is 106 Å². The summed E-state index contributed by atoms with van der Waals surface area (Å²) >= 11 is 0. The molecule has 18 heavy (non-hydrogen) atoms. The Morgan fingerprint density at radius 2 is 2.06 bits per heavy atom. The lowest BCUT2D eigenvalue weighted by Crippen LogP contribution is -2.26. The van der Waals surface area contributed by atoms with E-state index in [2.05, 4.69) is 5.32 Å². The number of anilines is 1. The van der Waals surface area contributed by atoms with Crippen LogP contribution in [0.3, 0.4) is 0 Å². The number of benzene rings is 1. The summed E-state index contributed by atoms with van der Waals surface area (Å²) in [5.74, 6) is 0.995. The van der Waals surface area contributed by atoms with E-state index in [1.54, 1.807) is 0 Å². The third-order valence-corrected chi connectivity index (χ3v) is 3.54. The molecule has 1 saturated heterocycles. The molecule has 0 atom stereocenters. The highest BCUT2D eigenvalue weighted by Gasteiger charge is 2.27. The summed E-state index contributed by atoms with van der Waals surface area (Å²) in [4.78, 5) is 12.5. The van der Waals surface area contributed by atoms with Gasteiger partial charge in [0.05, 0.1) is 11.3 Å². The largest absolute Gasteiger partial charge is 0.489 e. The first kappa shape index (κ1) is 11.5. The van der Waals surface area contributed by atoms with Crippen molar-refractivity contribution >= 4 is 11.5 Å². The van der Waals surface area contributed by atoms with Crippen molar-refractivity contribution in [3.8, 4) is 5.75 Å². The van der Waals surface area contributed by atoms with Gasteiger partial charge in [-0.3, -0.25) is 4.79 Å². The molecule has 0 unspecified atom stereocenters. The van der Waals surface area contributed by atoms with Crippen LogP contribution in [-0.4, -0.2) is 32.1 Å². The van der Waals surface area contributed by atoms with E-state index in [1.165, 1.54) is 0 Å². The molecule has 1 aromatic rings. The molecule has 0 amide bonds. The van der Waals surface area contributed by atoms with Gasteiger partial charge in [0.1, 0.15) is 6.61 Å². The summed E-state index contributed by atoms with van der Waals surface area (Å²) in [5, 5.41) is 3.26. The van der Waals surface area contributed by atoms with Crippen molar-refractivity contribution in [3.63, 3.8) is 0 Å². The smallest absolute Gasteiger partial charge is 0.169 e. The maximum absolute atomic E-state index is 12.5. The lowest BCUT2D eigenvalue weighted by atomic mass is 9.90. The molecule has 2 aliphatic rings. The molecule has 0 aromatic heterocycles. The monoisotopic (exact) mass is 247 g/mol. The second-order valence-electron chi connectivity index (χ2n) is 4.71. The van der Waals surface area contributed by atoms with Gasteiger partial charge in [0.25, 0.3) is 0 Å². The van der Waals surface area contributed by atoms with E-state index in [0.29, 0.717) is 25.4 Å². The van der Waals surface area contributed by atoms with E-state index in [-0.39, 0.29) is 11.7 Å². The lowest BCUT2D eigenvalue weighted by Gasteiger charge is -2.25. The summed E-state index contributed by atoms with van der Waals surface area (Å²) < 4.78 is 11.0. The van der Waals surface area contributed by atoms with Gasteiger partial charge in [0, 0.05) is 25.7 Å². The van der Waals surface area contributed by atoms with Crippen molar-refractivity contribution in [1.29, 1.82) is 0 Å². The van der Waals surface area contributed by atoms with E-state index >= 15 is 0 Å². The third-order valence-electron chi connectivity index (χ3n) is 3.54. The van der Waals surface area contributed by atoms with Crippen molar-refractivity contribution in [3.05, 3.63) is 23.8 Å². The summed E-state index contributed by atoms with van der Waals surface area (Å²) in [6.07, 6.45) is 1.63. The minimum atomic E-state index is 0.0794. The first-order valence-electron chi connectivity index (χ1n) is 6.48. The molecule has 4 nitrogen and oxygen atoms in total. The molecule has 96 valence electrons. The Morgan fingerprint density at radius 1 is 1.22 bits per heavy atom. The van der Waals surface area contributed by atoms with Crippen LogP contribution in [-0.2, 0) is 4.74 Å². The van der Waals surface area contributed by atoms with Gasteiger partial charge in [0.2, 0.25) is 0 Å². The number of ketones is 1. The summed E-state index contributed by atoms with van der Waals surface area (Å²) in [6.45, 7) is 2.78. The predicted octanol–water partition coefficient (Wildman–Crippen LogP) is 2.10. The summed E-state index contributed by atoms with van der Waals surface area (Å²) in [6, 6.07) is 5.73. The number of para-hydroxylation sites is 1. The average Bonchev–Trinajstić information content (AvgIpc) is 2.47. The topological polar surface area (TPSA) is 47.6 Å². The van der Waals surface area contributed by atoms with Crippen LogP contribution in [0.25, 0.3) is 0 Å². The molecule has 3 rings (SSSR count). The highest BCUT2D eigenvalue weighted by Crippen LogP contribution is 2.34. The van der Waals surface area contributed by atoms with Crippen molar-refractivity contribution in [1.82, 2.24) is 0 Å². The Kier molecular flexibility index (Phi) is 3.19. The zero-order chi connectivity index (χ0) is 12.4. The van der Waals surface area contributed by atoms with E-state index < -0.39 is 0 Å². The number of hydrogen-bond donors (Lipinski definition) is 1. The van der Waals surface area contributed by atoms with E-state index in [4.69, 9.17) is 9.47 Å². The molecular formula is C14H17NO3. The minimum absolute atomic E-state index is 0.0794. The first-order valence-corrected chi connectivity index (χ1v) is 6.48. The number of nitrogens with one attached hydrogen (secondary N) is 1. The Morgan fingerprint density at radius 3 is 2.89 bits per heavy atom. The molecule has 1 N–H and O–H groups in total. The number of carbonyl (C=O) groups excluding carboxylic acids is 1. The van der Waals surface area contributed by atoms with Gasteiger partial charge in [-0.15, -0.1) is 0 Å². The van der Waals surface area contributed by atoms with Crippen molar-refractivity contribution in [2.75, 3.05) is 31.7 Å². The lowest BCUT2D eigenvalue weighted by molar-refractivity contribution is 0.0542. The van der Waals surface area contributed by atoms with Gasteiger partial charge in [-0.1, -0.05) is 6.07 Å². The zero-order valence-corrected chi connectivity index (χ0v) is 10.3. The standard InChI is InChI=1S/C14H17NO3/c16-13(10-4-7-17-8-5-10)11-2-1-3-12-14(11)18-9-6-15-12/h1-3,10,15H,4-9H2. The molecular weight excluding hydrogens is 230 g/mol. The van der Waals surface area contributed by atoms with Gasteiger partial charge < -0.3 is 14.8 Å². The summed E-state index contributed by atoms with van der Waals surface area (Å²) in [5.41, 5.74) is 1.64. The highest BCUT2D eigenvalue weighted by atomic mass is 16.5. The number of carbonyl (C=O) groups is 1. The second-order valence-corrected chi connectivity index (χ2v) is 4.71. The fourth-order valence-corrected chi connectivity index (χ4v) is 2.54. The van der Waals surface area contributed by atoms with Crippen LogP contribution < -0.4 is 10.1 Å². The van der Waals surface area contributed by atoms with E-state index in [1.807, 2.05) is 18.2 Å². The quantitative estimate of drug-likeness (QED) is 0.813. The van der Waals surface area contributed by atoms with E-state index in [9.17, 15) is 4.79 Å². The van der Waals surface area contributed by atoms with Crippen LogP contribution in [0.2, 0.25) is 0 Å². The van der Waals surface area contributed by atoms with Crippen LogP contribution in [0.5, 0.6) is 5.75 Å². The van der Waals surface area contributed by atoms with Gasteiger partial charge in [-0.25, -0.2) is 0 Å². The number of rotatable bonds is 2. The molecule has 2 heterocycles. The first-order chi connectivity index (χ1) is 8.86. The van der Waals surface area contributed by atoms with Gasteiger partial charge in [0.15, 0.2) is 11.5 Å². The third kappa shape index (κ3) is 2.08. The van der Waals surface area contributed by atoms with Crippen molar-refractivity contribution in [2.45, 2.75) is 12.8 Å². The van der Waals surface area contributed by atoms with Gasteiger partial charge in [-0.05, 0) is 25.0 Å².